The van der Waals surface area contributed by atoms with E-state index in [0.717, 1.165) is 0 Å². The Morgan fingerprint density at radius 1 is 1.55 bits per heavy atom. The molecular weight excluding hydrogens is 172 g/mol. The normalized spacial score (nSPS) is 20.8. The molecule has 1 fully saturated rings. The van der Waals surface area contributed by atoms with Gasteiger partial charge in [0.05, 0.1) is 0 Å². The topological polar surface area (TPSA) is 0 Å². The minimum atomic E-state index is 0.491. The summed E-state index contributed by atoms with van der Waals surface area (Å²) in [6.45, 7) is 0. The van der Waals surface area contributed by atoms with Crippen LogP contribution in [0.4, 0.5) is 0 Å². The molecule has 0 N–H and O–H groups in total. The van der Waals surface area contributed by atoms with Gasteiger partial charge in [-0.3, -0.25) is 0 Å². The van der Waals surface area contributed by atoms with Gasteiger partial charge in [-0.2, -0.15) is 11.8 Å². The van der Waals surface area contributed by atoms with Gasteiger partial charge in [-0.25, -0.2) is 0 Å². The maximum Gasteiger partial charge on any atom is -0.00133 e. The minimum Gasteiger partial charge on any atom is -0.165 e. The highest BCUT2D eigenvalue weighted by Gasteiger charge is 2.33. The smallest absolute Gasteiger partial charge is 0.00133 e. The van der Waals surface area contributed by atoms with Crippen molar-refractivity contribution < 1.29 is 0 Å². The lowest BCUT2D eigenvalue weighted by atomic mass is 9.68. The fourth-order valence-corrected chi connectivity index (χ4v) is 2.41. The summed E-state index contributed by atoms with van der Waals surface area (Å²) >= 11 is 6.99. The molecule has 2 heteroatoms. The van der Waals surface area contributed by atoms with Crippen molar-refractivity contribution in [3.63, 3.8) is 0 Å². The molecule has 0 spiro atoms. The van der Waals surface area contributed by atoms with Gasteiger partial charge in [-0.15, -0.1) is 0 Å². The third kappa shape index (κ3) is 2.45. The summed E-state index contributed by atoms with van der Waals surface area (Å²) in [4.78, 5) is 0. The summed E-state index contributed by atoms with van der Waals surface area (Å²) in [5, 5.41) is 2.02. The Labute approximate surface area is 79.1 Å². The second-order valence-electron chi connectivity index (χ2n) is 3.43. The number of rotatable bonds is 5. The Morgan fingerprint density at radius 3 is 2.64 bits per heavy atom. The van der Waals surface area contributed by atoms with E-state index in [9.17, 15) is 0 Å². The quantitative estimate of drug-likeness (QED) is 0.479. The van der Waals surface area contributed by atoms with Crippen molar-refractivity contribution >= 4 is 29.3 Å². The SMILES string of the molecule is CSCCCC1(C=S)CCC1. The van der Waals surface area contributed by atoms with E-state index in [0.29, 0.717) is 5.41 Å². The molecule has 1 aliphatic rings. The van der Waals surface area contributed by atoms with Crippen LogP contribution in [-0.4, -0.2) is 17.4 Å². The van der Waals surface area contributed by atoms with Crippen LogP contribution in [0.1, 0.15) is 32.1 Å². The summed E-state index contributed by atoms with van der Waals surface area (Å²) in [6.07, 6.45) is 8.94. The molecule has 1 rings (SSSR count). The Kier molecular flexibility index (Phi) is 3.86. The van der Waals surface area contributed by atoms with Gasteiger partial charge in [0.2, 0.25) is 0 Å². The van der Waals surface area contributed by atoms with Gasteiger partial charge in [-0.1, -0.05) is 18.6 Å². The maximum atomic E-state index is 5.06. The Bertz CT molecular complexity index is 128. The number of thioether (sulfide) groups is 1. The molecule has 0 nitrogen and oxygen atoms in total. The van der Waals surface area contributed by atoms with E-state index in [1.807, 2.05) is 17.1 Å². The molecular formula is C9H16S2. The Balaban J connectivity index is 2.16. The molecule has 0 bridgehead atoms. The van der Waals surface area contributed by atoms with Crippen molar-refractivity contribution in [2.24, 2.45) is 5.41 Å². The Morgan fingerprint density at radius 2 is 2.27 bits per heavy atom. The van der Waals surface area contributed by atoms with Crippen LogP contribution in [0, 0.1) is 5.41 Å². The largest absolute Gasteiger partial charge is 0.165 e. The van der Waals surface area contributed by atoms with Crippen molar-refractivity contribution in [1.29, 1.82) is 0 Å². The zero-order valence-electron chi connectivity index (χ0n) is 7.14. The van der Waals surface area contributed by atoms with Crippen LogP contribution in [-0.2, 0) is 0 Å². The fourth-order valence-electron chi connectivity index (χ4n) is 1.63. The second kappa shape index (κ2) is 4.46. The lowest BCUT2D eigenvalue weighted by molar-refractivity contribution is 0.224. The number of thiocarbonyl (C=S) groups is 1. The first-order valence-corrected chi connectivity index (χ1v) is 6.15. The van der Waals surface area contributed by atoms with Crippen molar-refractivity contribution in [3.8, 4) is 0 Å². The molecule has 0 aromatic rings. The third-order valence-electron chi connectivity index (χ3n) is 2.62. The van der Waals surface area contributed by atoms with Crippen LogP contribution in [0.5, 0.6) is 0 Å². The monoisotopic (exact) mass is 188 g/mol. The summed E-state index contributed by atoms with van der Waals surface area (Å²) in [6, 6.07) is 0. The van der Waals surface area contributed by atoms with E-state index in [4.69, 9.17) is 12.2 Å². The molecule has 11 heavy (non-hydrogen) atoms. The van der Waals surface area contributed by atoms with E-state index in [1.54, 1.807) is 0 Å². The van der Waals surface area contributed by atoms with E-state index in [2.05, 4.69) is 6.26 Å². The van der Waals surface area contributed by atoms with Gasteiger partial charge in [-0.05, 0) is 48.5 Å². The molecule has 0 atom stereocenters. The van der Waals surface area contributed by atoms with Gasteiger partial charge in [0.15, 0.2) is 0 Å². The average molecular weight is 188 g/mol. The van der Waals surface area contributed by atoms with Crippen LogP contribution < -0.4 is 0 Å². The van der Waals surface area contributed by atoms with E-state index in [1.165, 1.54) is 37.9 Å². The van der Waals surface area contributed by atoms with Gasteiger partial charge in [0, 0.05) is 0 Å². The molecule has 0 unspecified atom stereocenters. The fraction of sp³-hybridized carbons (Fsp3) is 0.889. The Hall–Kier alpha value is 0.440. The van der Waals surface area contributed by atoms with Crippen molar-refractivity contribution in [3.05, 3.63) is 0 Å². The van der Waals surface area contributed by atoms with Gasteiger partial charge >= 0.3 is 0 Å². The van der Waals surface area contributed by atoms with E-state index < -0.39 is 0 Å². The predicted molar refractivity (Wildman–Crippen MR) is 57.6 cm³/mol. The van der Waals surface area contributed by atoms with Crippen LogP contribution in [0.3, 0.4) is 0 Å². The molecule has 0 amide bonds. The lowest BCUT2D eigenvalue weighted by Crippen LogP contribution is -2.30. The van der Waals surface area contributed by atoms with Crippen molar-refractivity contribution in [2.45, 2.75) is 32.1 Å². The van der Waals surface area contributed by atoms with Gasteiger partial charge in [0.1, 0.15) is 0 Å². The van der Waals surface area contributed by atoms with Crippen LogP contribution in [0.25, 0.3) is 0 Å². The predicted octanol–water partition coefficient (Wildman–Crippen LogP) is 3.30. The molecule has 0 aromatic carbocycles. The first kappa shape index (κ1) is 9.53. The molecule has 0 radical (unpaired) electrons. The van der Waals surface area contributed by atoms with E-state index in [-0.39, 0.29) is 0 Å². The number of hydrogen-bond acceptors (Lipinski definition) is 2. The number of hydrogen-bond donors (Lipinski definition) is 0. The van der Waals surface area contributed by atoms with Crippen LogP contribution in [0.2, 0.25) is 0 Å². The van der Waals surface area contributed by atoms with Gasteiger partial charge in [0.25, 0.3) is 0 Å². The van der Waals surface area contributed by atoms with Crippen molar-refractivity contribution in [1.82, 2.24) is 0 Å². The zero-order chi connectivity index (χ0) is 8.16. The average Bonchev–Trinajstić information content (AvgIpc) is 1.95. The third-order valence-corrected chi connectivity index (χ3v) is 3.82. The standard InChI is InChI=1S/C9H16S2/c1-11-7-3-6-9(8-10)4-2-5-9/h8H,2-7H2,1H3. The highest BCUT2D eigenvalue weighted by Crippen LogP contribution is 2.43. The van der Waals surface area contributed by atoms with Crippen LogP contribution in [0.15, 0.2) is 0 Å². The lowest BCUT2D eigenvalue weighted by Gasteiger charge is -2.38. The second-order valence-corrected chi connectivity index (χ2v) is 4.65. The van der Waals surface area contributed by atoms with Crippen molar-refractivity contribution in [2.75, 3.05) is 12.0 Å². The van der Waals surface area contributed by atoms with E-state index >= 15 is 0 Å². The maximum absolute atomic E-state index is 5.06. The molecule has 64 valence electrons. The first-order valence-electron chi connectivity index (χ1n) is 4.28. The molecule has 0 aromatic heterocycles. The highest BCUT2D eigenvalue weighted by molar-refractivity contribution is 7.98. The van der Waals surface area contributed by atoms with Crippen LogP contribution >= 0.6 is 24.0 Å². The summed E-state index contributed by atoms with van der Waals surface area (Å²) < 4.78 is 0. The molecule has 0 heterocycles. The van der Waals surface area contributed by atoms with Gasteiger partial charge < -0.3 is 0 Å². The first-order chi connectivity index (χ1) is 5.33. The minimum absolute atomic E-state index is 0.491. The summed E-state index contributed by atoms with van der Waals surface area (Å²) in [7, 11) is 0. The summed E-state index contributed by atoms with van der Waals surface area (Å²) in [5.74, 6) is 1.30. The molecule has 1 saturated carbocycles. The molecule has 0 saturated heterocycles. The molecule has 0 aliphatic heterocycles. The highest BCUT2D eigenvalue weighted by atomic mass is 32.2. The molecule has 1 aliphatic carbocycles. The zero-order valence-corrected chi connectivity index (χ0v) is 8.77. The summed E-state index contributed by atoms with van der Waals surface area (Å²) in [5.41, 5.74) is 0.491.